The summed E-state index contributed by atoms with van der Waals surface area (Å²) in [7, 11) is 3.98. The summed E-state index contributed by atoms with van der Waals surface area (Å²) < 4.78 is 0. The molecule has 4 aromatic rings. The second-order valence-electron chi connectivity index (χ2n) is 7.85. The van der Waals surface area contributed by atoms with E-state index in [0.29, 0.717) is 6.54 Å². The maximum Gasteiger partial charge on any atom is 0.270 e. The van der Waals surface area contributed by atoms with Crippen molar-refractivity contribution in [1.82, 2.24) is 10.3 Å². The first kappa shape index (κ1) is 21.1. The van der Waals surface area contributed by atoms with Gasteiger partial charge in [-0.1, -0.05) is 36.4 Å². The molecule has 2 N–H and O–H groups in total. The number of rotatable bonds is 7. The molecule has 4 rings (SSSR count). The summed E-state index contributed by atoms with van der Waals surface area (Å²) in [5.74, 6) is -0.437. The van der Waals surface area contributed by atoms with Crippen molar-refractivity contribution in [2.24, 2.45) is 0 Å². The van der Waals surface area contributed by atoms with Crippen LogP contribution in [0, 0.1) is 10.1 Å². The highest BCUT2D eigenvalue weighted by Gasteiger charge is 2.20. The van der Waals surface area contributed by atoms with Gasteiger partial charge in [0.25, 0.3) is 11.6 Å². The molecule has 1 amide bonds. The van der Waals surface area contributed by atoms with E-state index in [-0.39, 0.29) is 23.1 Å². The molecule has 1 aromatic heterocycles. The lowest BCUT2D eigenvalue weighted by molar-refractivity contribution is -0.384. The Kier molecular flexibility index (Phi) is 5.89. The lowest BCUT2D eigenvalue weighted by Gasteiger charge is -2.20. The molecule has 32 heavy (non-hydrogen) atoms. The molecule has 162 valence electrons. The molecule has 7 heteroatoms. The third-order valence-corrected chi connectivity index (χ3v) is 5.59. The first-order chi connectivity index (χ1) is 15.4. The van der Waals surface area contributed by atoms with Crippen LogP contribution in [0.5, 0.6) is 0 Å². The summed E-state index contributed by atoms with van der Waals surface area (Å²) in [6.07, 6.45) is 1.98. The molecule has 0 fully saturated rings. The number of benzene rings is 3. The Morgan fingerprint density at radius 1 is 1.06 bits per heavy atom. The zero-order valence-corrected chi connectivity index (χ0v) is 17.9. The SMILES string of the molecule is CN(C)c1ccc(C(CNC(=O)c2cccc([N+](=O)[O-])c2)c2c[nH]c3ccccc23)cc1. The van der Waals surface area contributed by atoms with E-state index < -0.39 is 4.92 Å². The van der Waals surface area contributed by atoms with Crippen LogP contribution in [0.1, 0.15) is 27.4 Å². The Bertz CT molecular complexity index is 1260. The molecule has 1 heterocycles. The molecule has 0 saturated carbocycles. The first-order valence-electron chi connectivity index (χ1n) is 10.3. The summed E-state index contributed by atoms with van der Waals surface area (Å²) in [6.45, 7) is 0.352. The van der Waals surface area contributed by atoms with Crippen molar-refractivity contribution in [2.75, 3.05) is 25.5 Å². The van der Waals surface area contributed by atoms with E-state index in [1.165, 1.54) is 18.2 Å². The third kappa shape index (κ3) is 4.32. The number of carbonyl (C=O) groups is 1. The number of hydrogen-bond donors (Lipinski definition) is 2. The van der Waals surface area contributed by atoms with Gasteiger partial charge in [-0.15, -0.1) is 0 Å². The summed E-state index contributed by atoms with van der Waals surface area (Å²) >= 11 is 0. The molecule has 0 saturated heterocycles. The van der Waals surface area contributed by atoms with Crippen LogP contribution in [-0.4, -0.2) is 36.5 Å². The van der Waals surface area contributed by atoms with Crippen LogP contribution in [0.25, 0.3) is 10.9 Å². The van der Waals surface area contributed by atoms with Crippen LogP contribution < -0.4 is 10.2 Å². The van der Waals surface area contributed by atoms with Crippen LogP contribution in [0.2, 0.25) is 0 Å². The van der Waals surface area contributed by atoms with E-state index in [9.17, 15) is 14.9 Å². The number of nitrogens with zero attached hydrogens (tertiary/aromatic N) is 2. The van der Waals surface area contributed by atoms with Gasteiger partial charge in [-0.2, -0.15) is 0 Å². The normalized spacial score (nSPS) is 11.8. The minimum Gasteiger partial charge on any atom is -0.378 e. The van der Waals surface area contributed by atoms with Crippen LogP contribution in [0.15, 0.2) is 79.0 Å². The fourth-order valence-electron chi connectivity index (χ4n) is 3.85. The summed E-state index contributed by atoms with van der Waals surface area (Å²) in [6, 6.07) is 22.1. The number of nitrogens with one attached hydrogen (secondary N) is 2. The topological polar surface area (TPSA) is 91.3 Å². The average molecular weight is 428 g/mol. The third-order valence-electron chi connectivity index (χ3n) is 5.59. The van der Waals surface area contributed by atoms with Crippen molar-refractivity contribution < 1.29 is 9.72 Å². The predicted octanol–water partition coefficient (Wildman–Crippen LogP) is 4.70. The highest BCUT2D eigenvalue weighted by molar-refractivity contribution is 5.95. The number of anilines is 1. The maximum absolute atomic E-state index is 12.8. The van der Waals surface area contributed by atoms with Crippen molar-refractivity contribution in [3.05, 3.63) is 106 Å². The number of non-ortho nitro benzene ring substituents is 1. The summed E-state index contributed by atoms with van der Waals surface area (Å²) in [4.78, 5) is 28.7. The second-order valence-corrected chi connectivity index (χ2v) is 7.85. The Morgan fingerprint density at radius 2 is 1.81 bits per heavy atom. The number of fused-ring (bicyclic) bond motifs is 1. The smallest absolute Gasteiger partial charge is 0.270 e. The van der Waals surface area contributed by atoms with Crippen LogP contribution in [0.3, 0.4) is 0 Å². The zero-order chi connectivity index (χ0) is 22.7. The molecule has 3 aromatic carbocycles. The molecular weight excluding hydrogens is 404 g/mol. The number of amides is 1. The van der Waals surface area contributed by atoms with Gasteiger partial charge >= 0.3 is 0 Å². The number of para-hydroxylation sites is 1. The second kappa shape index (κ2) is 8.93. The number of nitro groups is 1. The number of nitro benzene ring substituents is 1. The van der Waals surface area contributed by atoms with Crippen molar-refractivity contribution in [3.63, 3.8) is 0 Å². The van der Waals surface area contributed by atoms with Gasteiger partial charge in [0.05, 0.1) is 4.92 Å². The van der Waals surface area contributed by atoms with Gasteiger partial charge in [-0.25, -0.2) is 0 Å². The van der Waals surface area contributed by atoms with E-state index in [1.807, 2.05) is 43.4 Å². The first-order valence-corrected chi connectivity index (χ1v) is 10.3. The molecular formula is C25H24N4O3. The monoisotopic (exact) mass is 428 g/mol. The van der Waals surface area contributed by atoms with Gasteiger partial charge in [0.15, 0.2) is 0 Å². The van der Waals surface area contributed by atoms with Gasteiger partial charge in [0.1, 0.15) is 0 Å². The van der Waals surface area contributed by atoms with Gasteiger partial charge in [0.2, 0.25) is 0 Å². The number of aromatic nitrogens is 1. The number of aromatic amines is 1. The lowest BCUT2D eigenvalue weighted by Crippen LogP contribution is -2.29. The van der Waals surface area contributed by atoms with Crippen LogP contribution >= 0.6 is 0 Å². The molecule has 0 spiro atoms. The van der Waals surface area contributed by atoms with E-state index in [0.717, 1.165) is 27.7 Å². The number of carbonyl (C=O) groups excluding carboxylic acids is 1. The summed E-state index contributed by atoms with van der Waals surface area (Å²) in [5.41, 5.74) is 4.43. The highest BCUT2D eigenvalue weighted by Crippen LogP contribution is 2.31. The predicted molar refractivity (Wildman–Crippen MR) is 126 cm³/mol. The minimum atomic E-state index is -0.502. The fraction of sp³-hybridized carbons (Fsp3) is 0.160. The largest absolute Gasteiger partial charge is 0.378 e. The Balaban J connectivity index is 1.64. The van der Waals surface area contributed by atoms with Crippen molar-refractivity contribution >= 4 is 28.2 Å². The molecule has 0 aliphatic carbocycles. The van der Waals surface area contributed by atoms with Gasteiger partial charge in [0, 0.05) is 67.0 Å². The molecule has 1 unspecified atom stereocenters. The quantitative estimate of drug-likeness (QED) is 0.330. The van der Waals surface area contributed by atoms with Crippen molar-refractivity contribution in [2.45, 2.75) is 5.92 Å². The van der Waals surface area contributed by atoms with Crippen LogP contribution in [-0.2, 0) is 0 Å². The molecule has 1 atom stereocenters. The van der Waals surface area contributed by atoms with E-state index >= 15 is 0 Å². The standard InChI is InChI=1S/C25H24N4O3/c1-28(2)19-12-10-17(11-13-19)22(23-16-26-24-9-4-3-8-21(23)24)15-27-25(30)18-6-5-7-20(14-18)29(31)32/h3-14,16,22,26H,15H2,1-2H3,(H,27,30). The van der Waals surface area contributed by atoms with Gasteiger partial charge < -0.3 is 15.2 Å². The summed E-state index contributed by atoms with van der Waals surface area (Å²) in [5, 5.41) is 15.1. The Morgan fingerprint density at radius 3 is 2.53 bits per heavy atom. The molecule has 7 nitrogen and oxygen atoms in total. The molecule has 0 radical (unpaired) electrons. The lowest BCUT2D eigenvalue weighted by atomic mass is 9.90. The van der Waals surface area contributed by atoms with Crippen molar-refractivity contribution in [1.29, 1.82) is 0 Å². The average Bonchev–Trinajstić information content (AvgIpc) is 3.23. The Hall–Kier alpha value is -4.13. The molecule has 0 aliphatic rings. The van der Waals surface area contributed by atoms with Crippen LogP contribution in [0.4, 0.5) is 11.4 Å². The highest BCUT2D eigenvalue weighted by atomic mass is 16.6. The van der Waals surface area contributed by atoms with Gasteiger partial charge in [-0.3, -0.25) is 14.9 Å². The van der Waals surface area contributed by atoms with E-state index in [1.54, 1.807) is 6.07 Å². The number of H-pyrrole nitrogens is 1. The Labute approximate surface area is 185 Å². The zero-order valence-electron chi connectivity index (χ0n) is 17.9. The van der Waals surface area contributed by atoms with E-state index in [2.05, 4.69) is 40.6 Å². The van der Waals surface area contributed by atoms with Crippen molar-refractivity contribution in [3.8, 4) is 0 Å². The minimum absolute atomic E-state index is 0.0926. The van der Waals surface area contributed by atoms with E-state index in [4.69, 9.17) is 0 Å². The van der Waals surface area contributed by atoms with Gasteiger partial charge in [-0.05, 0) is 35.4 Å². The maximum atomic E-state index is 12.8. The molecule has 0 bridgehead atoms. The number of hydrogen-bond acceptors (Lipinski definition) is 4. The molecule has 0 aliphatic heterocycles. The fourth-order valence-corrected chi connectivity index (χ4v) is 3.85.